The SMILES string of the molecule is CC(Oc1cccc(F)c1)C(=O)Nc1ccc(N2CCOCC2)cc1. The Balaban J connectivity index is 1.56. The van der Waals surface area contributed by atoms with Crippen LogP contribution in [0.25, 0.3) is 0 Å². The van der Waals surface area contributed by atoms with Gasteiger partial charge in [0.2, 0.25) is 0 Å². The maximum Gasteiger partial charge on any atom is 0.265 e. The van der Waals surface area contributed by atoms with E-state index in [0.29, 0.717) is 11.4 Å². The highest BCUT2D eigenvalue weighted by Gasteiger charge is 2.16. The Morgan fingerprint density at radius 2 is 1.92 bits per heavy atom. The summed E-state index contributed by atoms with van der Waals surface area (Å²) in [5, 5.41) is 2.81. The number of hydrogen-bond acceptors (Lipinski definition) is 4. The number of halogens is 1. The predicted octanol–water partition coefficient (Wildman–Crippen LogP) is 3.07. The molecule has 1 heterocycles. The molecule has 2 aromatic rings. The molecule has 1 amide bonds. The van der Waals surface area contributed by atoms with Crippen LogP contribution >= 0.6 is 0 Å². The number of nitrogens with one attached hydrogen (secondary N) is 1. The summed E-state index contributed by atoms with van der Waals surface area (Å²) >= 11 is 0. The van der Waals surface area contributed by atoms with Crippen molar-refractivity contribution in [2.24, 2.45) is 0 Å². The van der Waals surface area contributed by atoms with Crippen LogP contribution < -0.4 is 15.0 Å². The van der Waals surface area contributed by atoms with Gasteiger partial charge in [-0.05, 0) is 43.3 Å². The summed E-state index contributed by atoms with van der Waals surface area (Å²) in [7, 11) is 0. The first-order chi connectivity index (χ1) is 12.1. The molecular weight excluding hydrogens is 323 g/mol. The molecule has 1 fully saturated rings. The van der Waals surface area contributed by atoms with Gasteiger partial charge in [-0.25, -0.2) is 4.39 Å². The third-order valence-electron chi connectivity index (χ3n) is 3.99. The second-order valence-corrected chi connectivity index (χ2v) is 5.85. The van der Waals surface area contributed by atoms with E-state index in [1.165, 1.54) is 12.1 Å². The van der Waals surface area contributed by atoms with Gasteiger partial charge in [0.25, 0.3) is 5.91 Å². The summed E-state index contributed by atoms with van der Waals surface area (Å²) < 4.78 is 24.0. The molecule has 0 aliphatic carbocycles. The maximum atomic E-state index is 13.2. The summed E-state index contributed by atoms with van der Waals surface area (Å²) in [5.74, 6) is -0.363. The average Bonchev–Trinajstić information content (AvgIpc) is 2.63. The smallest absolute Gasteiger partial charge is 0.265 e. The fraction of sp³-hybridized carbons (Fsp3) is 0.316. The molecule has 0 radical (unpaired) electrons. The van der Waals surface area contributed by atoms with Crippen LogP contribution in [0.2, 0.25) is 0 Å². The Hall–Kier alpha value is -2.60. The minimum atomic E-state index is -0.735. The average molecular weight is 344 g/mol. The lowest BCUT2D eigenvalue weighted by atomic mass is 10.2. The molecular formula is C19H21FN2O3. The van der Waals surface area contributed by atoms with Crippen molar-refractivity contribution in [3.8, 4) is 5.75 Å². The molecule has 132 valence electrons. The second kappa shape index (κ2) is 7.98. The van der Waals surface area contributed by atoms with E-state index in [1.54, 1.807) is 19.1 Å². The van der Waals surface area contributed by atoms with Crippen LogP contribution in [0, 0.1) is 5.82 Å². The van der Waals surface area contributed by atoms with Gasteiger partial charge in [-0.2, -0.15) is 0 Å². The molecule has 0 bridgehead atoms. The Kier molecular flexibility index (Phi) is 5.50. The number of anilines is 2. The highest BCUT2D eigenvalue weighted by molar-refractivity contribution is 5.94. The fourth-order valence-electron chi connectivity index (χ4n) is 2.62. The summed E-state index contributed by atoms with van der Waals surface area (Å²) in [6.45, 7) is 4.82. The zero-order chi connectivity index (χ0) is 17.6. The van der Waals surface area contributed by atoms with Gasteiger partial charge in [0.05, 0.1) is 13.2 Å². The van der Waals surface area contributed by atoms with Crippen LogP contribution in [-0.2, 0) is 9.53 Å². The molecule has 25 heavy (non-hydrogen) atoms. The van der Waals surface area contributed by atoms with Crippen LogP contribution in [0.5, 0.6) is 5.75 Å². The van der Waals surface area contributed by atoms with E-state index < -0.39 is 11.9 Å². The van der Waals surface area contributed by atoms with E-state index >= 15 is 0 Å². The van der Waals surface area contributed by atoms with Gasteiger partial charge >= 0.3 is 0 Å². The van der Waals surface area contributed by atoms with Gasteiger partial charge in [0, 0.05) is 30.5 Å². The molecule has 1 N–H and O–H groups in total. The molecule has 1 aliphatic heterocycles. The topological polar surface area (TPSA) is 50.8 Å². The maximum absolute atomic E-state index is 13.2. The second-order valence-electron chi connectivity index (χ2n) is 5.85. The van der Waals surface area contributed by atoms with Crippen molar-refractivity contribution in [3.05, 3.63) is 54.3 Å². The molecule has 3 rings (SSSR count). The van der Waals surface area contributed by atoms with Crippen LogP contribution in [0.1, 0.15) is 6.92 Å². The summed E-state index contributed by atoms with van der Waals surface area (Å²) in [6, 6.07) is 13.4. The lowest BCUT2D eigenvalue weighted by Gasteiger charge is -2.29. The standard InChI is InChI=1S/C19H21FN2O3/c1-14(25-18-4-2-3-15(20)13-18)19(23)21-16-5-7-17(8-6-16)22-9-11-24-12-10-22/h2-8,13-14H,9-12H2,1H3,(H,21,23). The molecule has 5 nitrogen and oxygen atoms in total. The number of rotatable bonds is 5. The van der Waals surface area contributed by atoms with Crippen molar-refractivity contribution in [1.82, 2.24) is 0 Å². The number of benzene rings is 2. The third-order valence-corrected chi connectivity index (χ3v) is 3.99. The molecule has 0 spiro atoms. The van der Waals surface area contributed by atoms with Gasteiger partial charge in [-0.3, -0.25) is 4.79 Å². The normalized spacial score (nSPS) is 15.5. The van der Waals surface area contributed by atoms with Crippen molar-refractivity contribution in [3.63, 3.8) is 0 Å². The Bertz CT molecular complexity index is 715. The molecule has 6 heteroatoms. The van der Waals surface area contributed by atoms with Gasteiger partial charge in [-0.15, -0.1) is 0 Å². The van der Waals surface area contributed by atoms with Gasteiger partial charge in [0.1, 0.15) is 11.6 Å². The van der Waals surface area contributed by atoms with E-state index in [-0.39, 0.29) is 5.91 Å². The monoisotopic (exact) mass is 344 g/mol. The lowest BCUT2D eigenvalue weighted by molar-refractivity contribution is -0.122. The number of carbonyl (C=O) groups excluding carboxylic acids is 1. The minimum absolute atomic E-state index is 0.289. The van der Waals surface area contributed by atoms with Gasteiger partial charge in [0.15, 0.2) is 6.10 Å². The summed E-state index contributed by atoms with van der Waals surface area (Å²) in [6.07, 6.45) is -0.735. The number of hydrogen-bond donors (Lipinski definition) is 1. The first kappa shape index (κ1) is 17.2. The third kappa shape index (κ3) is 4.70. The Morgan fingerprint density at radius 1 is 1.20 bits per heavy atom. The minimum Gasteiger partial charge on any atom is -0.481 e. The van der Waals surface area contributed by atoms with Gasteiger partial charge < -0.3 is 19.7 Å². The lowest BCUT2D eigenvalue weighted by Crippen LogP contribution is -2.36. The van der Waals surface area contributed by atoms with Crippen molar-refractivity contribution in [2.75, 3.05) is 36.5 Å². The summed E-state index contributed by atoms with van der Waals surface area (Å²) in [4.78, 5) is 14.5. The highest BCUT2D eigenvalue weighted by Crippen LogP contribution is 2.20. The Morgan fingerprint density at radius 3 is 2.60 bits per heavy atom. The first-order valence-corrected chi connectivity index (χ1v) is 8.28. The van der Waals surface area contributed by atoms with Crippen molar-refractivity contribution >= 4 is 17.3 Å². The van der Waals surface area contributed by atoms with Crippen molar-refractivity contribution < 1.29 is 18.7 Å². The number of amides is 1. The zero-order valence-electron chi connectivity index (χ0n) is 14.1. The molecule has 0 aromatic heterocycles. The van der Waals surface area contributed by atoms with E-state index in [9.17, 15) is 9.18 Å². The van der Waals surface area contributed by atoms with E-state index in [0.717, 1.165) is 32.0 Å². The van der Waals surface area contributed by atoms with Crippen LogP contribution in [0.3, 0.4) is 0 Å². The largest absolute Gasteiger partial charge is 0.481 e. The van der Waals surface area contributed by atoms with Crippen LogP contribution in [0.15, 0.2) is 48.5 Å². The van der Waals surface area contributed by atoms with E-state index in [1.807, 2.05) is 24.3 Å². The van der Waals surface area contributed by atoms with Gasteiger partial charge in [-0.1, -0.05) is 6.07 Å². The molecule has 1 atom stereocenters. The summed E-state index contributed by atoms with van der Waals surface area (Å²) in [5.41, 5.74) is 1.79. The number of carbonyl (C=O) groups is 1. The Labute approximate surface area is 146 Å². The molecule has 1 saturated heterocycles. The number of ether oxygens (including phenoxy) is 2. The van der Waals surface area contributed by atoms with Crippen LogP contribution in [-0.4, -0.2) is 38.3 Å². The fourth-order valence-corrected chi connectivity index (χ4v) is 2.62. The quantitative estimate of drug-likeness (QED) is 0.906. The van der Waals surface area contributed by atoms with Crippen LogP contribution in [0.4, 0.5) is 15.8 Å². The predicted molar refractivity (Wildman–Crippen MR) is 94.6 cm³/mol. The molecule has 2 aromatic carbocycles. The van der Waals surface area contributed by atoms with Crippen molar-refractivity contribution in [1.29, 1.82) is 0 Å². The number of nitrogens with zero attached hydrogens (tertiary/aromatic N) is 1. The van der Waals surface area contributed by atoms with Crippen molar-refractivity contribution in [2.45, 2.75) is 13.0 Å². The molecule has 1 unspecified atom stereocenters. The molecule has 0 saturated carbocycles. The number of morpholine rings is 1. The molecule has 1 aliphatic rings. The van der Waals surface area contributed by atoms with E-state index in [4.69, 9.17) is 9.47 Å². The highest BCUT2D eigenvalue weighted by atomic mass is 19.1. The van der Waals surface area contributed by atoms with E-state index in [2.05, 4.69) is 10.2 Å². The first-order valence-electron chi connectivity index (χ1n) is 8.28. The zero-order valence-corrected chi connectivity index (χ0v) is 14.1.